The minimum absolute atomic E-state index is 0.137. The molecule has 1 rings (SSSR count). The summed E-state index contributed by atoms with van der Waals surface area (Å²) >= 11 is 0. The van der Waals surface area contributed by atoms with Crippen molar-refractivity contribution in [2.24, 2.45) is 0 Å². The summed E-state index contributed by atoms with van der Waals surface area (Å²) in [6, 6.07) is 0. The molecule has 1 aliphatic rings. The van der Waals surface area contributed by atoms with E-state index in [1.807, 2.05) is 0 Å². The van der Waals surface area contributed by atoms with Gasteiger partial charge in [-0.2, -0.15) is 0 Å². The molecule has 0 saturated carbocycles. The van der Waals surface area contributed by atoms with Crippen molar-refractivity contribution in [3.05, 3.63) is 5.92 Å². The summed E-state index contributed by atoms with van der Waals surface area (Å²) in [4.78, 5) is 10.9. The molecule has 0 amide bonds. The highest BCUT2D eigenvalue weighted by Crippen LogP contribution is 2.14. The lowest BCUT2D eigenvalue weighted by Crippen LogP contribution is -2.30. The second kappa shape index (κ2) is 3.56. The molecular weight excluding hydrogens is 130 g/mol. The van der Waals surface area contributed by atoms with E-state index in [2.05, 4.69) is 10.1 Å². The van der Waals surface area contributed by atoms with E-state index in [0.717, 1.165) is 31.8 Å². The van der Waals surface area contributed by atoms with Crippen molar-refractivity contribution in [3.63, 3.8) is 0 Å². The van der Waals surface area contributed by atoms with Gasteiger partial charge in [-0.3, -0.25) is 4.79 Å². The number of nitrogens with one attached hydrogen (secondary N) is 1. The van der Waals surface area contributed by atoms with Crippen LogP contribution >= 0.6 is 0 Å². The first kappa shape index (κ1) is 7.54. The highest BCUT2D eigenvalue weighted by Gasteiger charge is 2.21. The number of carbonyl (C=O) groups is 1. The Bertz CT molecular complexity index is 119. The van der Waals surface area contributed by atoms with Crippen LogP contribution in [-0.4, -0.2) is 26.2 Å². The maximum atomic E-state index is 10.9. The molecule has 0 aliphatic carbocycles. The van der Waals surface area contributed by atoms with E-state index in [1.165, 1.54) is 7.11 Å². The molecule has 1 aliphatic heterocycles. The lowest BCUT2D eigenvalue weighted by Gasteiger charge is -2.18. The molecule has 1 N–H and O–H groups in total. The van der Waals surface area contributed by atoms with E-state index in [1.54, 1.807) is 0 Å². The summed E-state index contributed by atoms with van der Waals surface area (Å²) in [6.45, 7) is 1.81. The molecule has 0 atom stereocenters. The molecule has 1 fully saturated rings. The Morgan fingerprint density at radius 2 is 2.10 bits per heavy atom. The lowest BCUT2D eigenvalue weighted by molar-refractivity contribution is -0.139. The quantitative estimate of drug-likeness (QED) is 0.528. The molecular formula is C7H12NO2. The van der Waals surface area contributed by atoms with Crippen LogP contribution in [0.15, 0.2) is 0 Å². The van der Waals surface area contributed by atoms with Crippen molar-refractivity contribution in [1.29, 1.82) is 0 Å². The number of piperidine rings is 1. The van der Waals surface area contributed by atoms with E-state index < -0.39 is 0 Å². The van der Waals surface area contributed by atoms with Crippen LogP contribution in [0.3, 0.4) is 0 Å². The van der Waals surface area contributed by atoms with Crippen molar-refractivity contribution in [2.45, 2.75) is 12.8 Å². The highest BCUT2D eigenvalue weighted by molar-refractivity contribution is 5.84. The van der Waals surface area contributed by atoms with E-state index in [4.69, 9.17) is 0 Å². The van der Waals surface area contributed by atoms with Crippen LogP contribution in [0.2, 0.25) is 0 Å². The fourth-order valence-electron chi connectivity index (χ4n) is 1.08. The molecule has 57 valence electrons. The monoisotopic (exact) mass is 142 g/mol. The molecule has 0 aromatic rings. The minimum atomic E-state index is -0.137. The Kier molecular flexibility index (Phi) is 2.68. The predicted octanol–water partition coefficient (Wildman–Crippen LogP) is 0.117. The normalized spacial score (nSPS) is 20.5. The zero-order chi connectivity index (χ0) is 7.40. The molecule has 0 spiro atoms. The SMILES string of the molecule is COC(=O)[C]1CCNCC1. The van der Waals surface area contributed by atoms with Gasteiger partial charge < -0.3 is 10.1 Å². The van der Waals surface area contributed by atoms with Gasteiger partial charge in [0, 0.05) is 0 Å². The summed E-state index contributed by atoms with van der Waals surface area (Å²) in [7, 11) is 1.43. The van der Waals surface area contributed by atoms with Crippen LogP contribution in [0.4, 0.5) is 0 Å². The summed E-state index contributed by atoms with van der Waals surface area (Å²) in [5, 5.41) is 3.17. The van der Waals surface area contributed by atoms with Crippen molar-refractivity contribution < 1.29 is 9.53 Å². The molecule has 0 unspecified atom stereocenters. The van der Waals surface area contributed by atoms with E-state index in [-0.39, 0.29) is 5.97 Å². The number of hydrogen-bond donors (Lipinski definition) is 1. The van der Waals surface area contributed by atoms with Gasteiger partial charge in [0.25, 0.3) is 0 Å². The number of rotatable bonds is 1. The molecule has 1 radical (unpaired) electrons. The number of hydrogen-bond acceptors (Lipinski definition) is 3. The average molecular weight is 142 g/mol. The fraction of sp³-hybridized carbons (Fsp3) is 0.714. The van der Waals surface area contributed by atoms with E-state index in [9.17, 15) is 4.79 Å². The Labute approximate surface area is 60.7 Å². The van der Waals surface area contributed by atoms with Crippen LogP contribution in [0.25, 0.3) is 0 Å². The first-order chi connectivity index (χ1) is 4.84. The van der Waals surface area contributed by atoms with Gasteiger partial charge in [-0.05, 0) is 25.9 Å². The van der Waals surface area contributed by atoms with Gasteiger partial charge in [-0.1, -0.05) is 0 Å². The third-order valence-electron chi connectivity index (χ3n) is 1.68. The second-order valence-corrected chi connectivity index (χ2v) is 2.35. The van der Waals surface area contributed by atoms with Gasteiger partial charge in [0.1, 0.15) is 0 Å². The molecule has 10 heavy (non-hydrogen) atoms. The van der Waals surface area contributed by atoms with Crippen LogP contribution in [0.1, 0.15) is 12.8 Å². The Balaban J connectivity index is 2.31. The summed E-state index contributed by atoms with van der Waals surface area (Å²) < 4.78 is 4.59. The van der Waals surface area contributed by atoms with Crippen molar-refractivity contribution in [2.75, 3.05) is 20.2 Å². The molecule has 0 aromatic carbocycles. The van der Waals surface area contributed by atoms with Crippen molar-refractivity contribution >= 4 is 5.97 Å². The maximum Gasteiger partial charge on any atom is 0.313 e. The lowest BCUT2D eigenvalue weighted by atomic mass is 9.99. The van der Waals surface area contributed by atoms with Crippen LogP contribution in [0, 0.1) is 5.92 Å². The van der Waals surface area contributed by atoms with Crippen molar-refractivity contribution in [1.82, 2.24) is 5.32 Å². The minimum Gasteiger partial charge on any atom is -0.469 e. The van der Waals surface area contributed by atoms with Gasteiger partial charge in [-0.15, -0.1) is 0 Å². The first-order valence-corrected chi connectivity index (χ1v) is 3.48. The molecule has 1 heterocycles. The highest BCUT2D eigenvalue weighted by atomic mass is 16.5. The Hall–Kier alpha value is -0.570. The molecule has 1 saturated heterocycles. The van der Waals surface area contributed by atoms with E-state index in [0.29, 0.717) is 0 Å². The van der Waals surface area contributed by atoms with Gasteiger partial charge in [0.15, 0.2) is 0 Å². The van der Waals surface area contributed by atoms with Crippen LogP contribution in [0.5, 0.6) is 0 Å². The Morgan fingerprint density at radius 3 is 2.60 bits per heavy atom. The zero-order valence-corrected chi connectivity index (χ0v) is 6.14. The smallest absolute Gasteiger partial charge is 0.313 e. The molecule has 3 nitrogen and oxygen atoms in total. The Morgan fingerprint density at radius 1 is 1.50 bits per heavy atom. The number of esters is 1. The largest absolute Gasteiger partial charge is 0.469 e. The number of carbonyl (C=O) groups excluding carboxylic acids is 1. The first-order valence-electron chi connectivity index (χ1n) is 3.48. The summed E-state index contributed by atoms with van der Waals surface area (Å²) in [6.07, 6.45) is 1.68. The molecule has 0 aromatic heterocycles. The zero-order valence-electron chi connectivity index (χ0n) is 6.14. The average Bonchev–Trinajstić information content (AvgIpc) is 2.05. The number of methoxy groups -OCH3 is 1. The standard InChI is InChI=1S/C7H12NO2/c1-10-7(9)6-2-4-8-5-3-6/h8H,2-5H2,1H3. The summed E-state index contributed by atoms with van der Waals surface area (Å²) in [5.41, 5.74) is 0. The maximum absolute atomic E-state index is 10.9. The second-order valence-electron chi connectivity index (χ2n) is 2.35. The summed E-state index contributed by atoms with van der Waals surface area (Å²) in [5.74, 6) is 0.780. The van der Waals surface area contributed by atoms with Gasteiger partial charge in [0.2, 0.25) is 0 Å². The van der Waals surface area contributed by atoms with Gasteiger partial charge in [-0.25, -0.2) is 0 Å². The molecule has 3 heteroatoms. The van der Waals surface area contributed by atoms with Crippen LogP contribution < -0.4 is 5.32 Å². The fourth-order valence-corrected chi connectivity index (χ4v) is 1.08. The topological polar surface area (TPSA) is 38.3 Å². The van der Waals surface area contributed by atoms with Crippen molar-refractivity contribution in [3.8, 4) is 0 Å². The third-order valence-corrected chi connectivity index (χ3v) is 1.68. The predicted molar refractivity (Wildman–Crippen MR) is 37.4 cm³/mol. The van der Waals surface area contributed by atoms with Crippen LogP contribution in [-0.2, 0) is 9.53 Å². The molecule has 0 bridgehead atoms. The number of ether oxygens (including phenoxy) is 1. The van der Waals surface area contributed by atoms with Gasteiger partial charge >= 0.3 is 5.97 Å². The third kappa shape index (κ3) is 1.70. The van der Waals surface area contributed by atoms with Gasteiger partial charge in [0.05, 0.1) is 13.0 Å². The van der Waals surface area contributed by atoms with E-state index >= 15 is 0 Å².